The third-order valence-corrected chi connectivity index (χ3v) is 10.4. The molecule has 57 heavy (non-hydrogen) atoms. The zero-order valence-electron chi connectivity index (χ0n) is 30.5. The third-order valence-electron chi connectivity index (χ3n) is 10.4. The molecule has 0 atom stereocenters. The summed E-state index contributed by atoms with van der Waals surface area (Å²) in [5.74, 6) is 2.14. The highest BCUT2D eigenvalue weighted by Crippen LogP contribution is 2.41. The van der Waals surface area contributed by atoms with Gasteiger partial charge in [-0.05, 0) is 61.4 Å². The van der Waals surface area contributed by atoms with E-state index in [1.54, 1.807) is 0 Å². The molecule has 11 rings (SSSR count). The van der Waals surface area contributed by atoms with E-state index in [0.717, 1.165) is 84.3 Å². The van der Waals surface area contributed by atoms with Crippen molar-refractivity contribution in [2.45, 2.75) is 12.8 Å². The van der Waals surface area contributed by atoms with E-state index in [1.165, 1.54) is 0 Å². The summed E-state index contributed by atoms with van der Waals surface area (Å²) in [4.78, 5) is 25.4. The molecule has 0 radical (unpaired) electrons. The molecule has 0 aliphatic rings. The molecule has 0 saturated heterocycles. The van der Waals surface area contributed by atoms with Crippen LogP contribution in [0.25, 0.3) is 118 Å². The Morgan fingerprint density at radius 2 is 1.11 bits per heavy atom. The molecule has 8 nitrogen and oxygen atoms in total. The number of nitrogens with zero attached hydrogens (tertiary/aromatic N) is 5. The van der Waals surface area contributed by atoms with Crippen molar-refractivity contribution in [2.24, 2.45) is 0 Å². The molecule has 0 amide bonds. The largest absolute Gasteiger partial charge is 0.456 e. The first-order valence-corrected chi connectivity index (χ1v) is 18.8. The average molecular weight is 738 g/mol. The normalized spacial score (nSPS) is 12.0. The number of aromatic nitrogens is 5. The number of hydrogen-bond donors (Lipinski definition) is 0. The smallest absolute Gasteiger partial charge is 0.179 e. The van der Waals surface area contributed by atoms with Crippen LogP contribution in [0.5, 0.6) is 0 Å². The Labute approximate surface area is 325 Å². The van der Waals surface area contributed by atoms with Gasteiger partial charge in [0.05, 0.1) is 5.56 Å². The van der Waals surface area contributed by atoms with Gasteiger partial charge in [-0.3, -0.25) is 0 Å². The van der Waals surface area contributed by atoms with Crippen LogP contribution in [0.3, 0.4) is 0 Å². The van der Waals surface area contributed by atoms with Gasteiger partial charge < -0.3 is 13.3 Å². The first-order valence-electron chi connectivity index (χ1n) is 18.8. The second-order valence-electron chi connectivity index (χ2n) is 13.9. The molecule has 0 fully saturated rings. The summed E-state index contributed by atoms with van der Waals surface area (Å²) < 4.78 is 19.3. The van der Waals surface area contributed by atoms with E-state index in [-0.39, 0.29) is 0 Å². The zero-order chi connectivity index (χ0) is 37.9. The van der Waals surface area contributed by atoms with Crippen molar-refractivity contribution in [3.05, 3.63) is 158 Å². The van der Waals surface area contributed by atoms with Gasteiger partial charge in [-0.15, -0.1) is 6.58 Å². The summed E-state index contributed by atoms with van der Waals surface area (Å²) in [6.07, 6.45) is 7.73. The Morgan fingerprint density at radius 3 is 1.96 bits per heavy atom. The number of furan rings is 3. The summed E-state index contributed by atoms with van der Waals surface area (Å²) >= 11 is 0. The molecule has 0 spiro atoms. The van der Waals surface area contributed by atoms with Crippen LogP contribution in [0.2, 0.25) is 0 Å². The maximum Gasteiger partial charge on any atom is 0.179 e. The highest BCUT2D eigenvalue weighted by Gasteiger charge is 2.22. The highest BCUT2D eigenvalue weighted by molar-refractivity contribution is 6.15. The van der Waals surface area contributed by atoms with Crippen LogP contribution in [0.1, 0.15) is 18.5 Å². The molecule has 6 aromatic carbocycles. The zero-order valence-corrected chi connectivity index (χ0v) is 30.5. The van der Waals surface area contributed by atoms with Crippen LogP contribution < -0.4 is 0 Å². The number of hydrogen-bond acceptors (Lipinski definition) is 8. The van der Waals surface area contributed by atoms with Gasteiger partial charge in [0, 0.05) is 43.6 Å². The van der Waals surface area contributed by atoms with Crippen molar-refractivity contribution >= 4 is 72.0 Å². The second kappa shape index (κ2) is 13.2. The molecule has 270 valence electrons. The van der Waals surface area contributed by atoms with Crippen molar-refractivity contribution in [2.75, 3.05) is 0 Å². The van der Waals surface area contributed by atoms with Crippen molar-refractivity contribution in [3.63, 3.8) is 0 Å². The third kappa shape index (κ3) is 5.49. The quantitative estimate of drug-likeness (QED) is 0.112. The Morgan fingerprint density at radius 1 is 0.456 bits per heavy atom. The molecular formula is C49H31N5O3. The predicted molar refractivity (Wildman–Crippen MR) is 227 cm³/mol. The SMILES string of the molecule is C=CCC/C=C/c1nc(-c2cccc3oc4c(-c5nc(-c6ccccc6)nc(-c6ccc7c(c6)oc6ccccc67)n5)cccc4c23)nc2c1oc1ccccc12. The van der Waals surface area contributed by atoms with E-state index < -0.39 is 0 Å². The van der Waals surface area contributed by atoms with Gasteiger partial charge in [-0.25, -0.2) is 24.9 Å². The van der Waals surface area contributed by atoms with Crippen LogP contribution in [0.15, 0.2) is 165 Å². The van der Waals surface area contributed by atoms with E-state index in [2.05, 4.69) is 30.9 Å². The molecule has 0 aliphatic carbocycles. The van der Waals surface area contributed by atoms with Crippen LogP contribution in [-0.2, 0) is 0 Å². The Bertz CT molecular complexity index is 3390. The summed E-state index contributed by atoms with van der Waals surface area (Å²) in [5.41, 5.74) is 9.12. The minimum Gasteiger partial charge on any atom is -0.456 e. The van der Waals surface area contributed by atoms with Gasteiger partial charge in [0.1, 0.15) is 39.1 Å². The van der Waals surface area contributed by atoms with Crippen molar-refractivity contribution in [3.8, 4) is 45.6 Å². The van der Waals surface area contributed by atoms with Crippen molar-refractivity contribution < 1.29 is 13.3 Å². The Hall–Kier alpha value is -7.71. The van der Waals surface area contributed by atoms with Gasteiger partial charge in [-0.1, -0.05) is 103 Å². The first kappa shape index (κ1) is 32.7. The lowest BCUT2D eigenvalue weighted by Crippen LogP contribution is -2.00. The van der Waals surface area contributed by atoms with E-state index in [9.17, 15) is 0 Å². The minimum atomic E-state index is 0.490. The topological polar surface area (TPSA) is 104 Å². The van der Waals surface area contributed by atoms with Gasteiger partial charge in [0.2, 0.25) is 0 Å². The first-order chi connectivity index (χ1) is 28.2. The number of benzene rings is 6. The summed E-state index contributed by atoms with van der Waals surface area (Å²) in [6.45, 7) is 3.86. The van der Waals surface area contributed by atoms with Crippen LogP contribution in [-0.4, -0.2) is 24.9 Å². The molecule has 5 aromatic heterocycles. The Balaban J connectivity index is 1.10. The fraction of sp³-hybridized carbons (Fsp3) is 0.0408. The summed E-state index contributed by atoms with van der Waals surface area (Å²) in [7, 11) is 0. The van der Waals surface area contributed by atoms with Gasteiger partial charge in [-0.2, -0.15) is 0 Å². The molecule has 0 unspecified atom stereocenters. The van der Waals surface area contributed by atoms with E-state index in [0.29, 0.717) is 45.7 Å². The fourth-order valence-electron chi connectivity index (χ4n) is 7.67. The van der Waals surface area contributed by atoms with Gasteiger partial charge in [0.25, 0.3) is 0 Å². The molecular weight excluding hydrogens is 707 g/mol. The fourth-order valence-corrected chi connectivity index (χ4v) is 7.67. The predicted octanol–water partition coefficient (Wildman–Crippen LogP) is 13.0. The highest BCUT2D eigenvalue weighted by atomic mass is 16.3. The standard InChI is InChI=1S/C49H31N5O3/c1-2-3-4-8-22-37-45-43(33-18-10-12-24-39(33)56-45)51-48(50-37)35-20-14-25-40-42(35)34-19-13-21-36(44(34)57-40)49-53-46(29-15-6-5-7-16-29)52-47(54-49)30-26-27-32-31-17-9-11-23-38(31)55-41(32)28-30/h2,5-28H,1,3-4H2/b22-8+. The van der Waals surface area contributed by atoms with Crippen molar-refractivity contribution in [1.29, 1.82) is 0 Å². The van der Waals surface area contributed by atoms with Crippen molar-refractivity contribution in [1.82, 2.24) is 24.9 Å². The maximum atomic E-state index is 6.73. The molecule has 8 heteroatoms. The van der Waals surface area contributed by atoms with E-state index in [4.69, 9.17) is 38.2 Å². The lowest BCUT2D eigenvalue weighted by Gasteiger charge is -2.09. The lowest BCUT2D eigenvalue weighted by molar-refractivity contribution is 0.664. The molecule has 5 heterocycles. The summed E-state index contributed by atoms with van der Waals surface area (Å²) in [6, 6.07) is 44.1. The Kier molecular flexibility index (Phi) is 7.60. The lowest BCUT2D eigenvalue weighted by atomic mass is 10.0. The molecule has 0 saturated carbocycles. The number of rotatable bonds is 8. The summed E-state index contributed by atoms with van der Waals surface area (Å²) in [5, 5.41) is 4.83. The van der Waals surface area contributed by atoms with E-state index in [1.807, 2.05) is 127 Å². The van der Waals surface area contributed by atoms with Crippen LogP contribution in [0.4, 0.5) is 0 Å². The monoisotopic (exact) mass is 737 g/mol. The van der Waals surface area contributed by atoms with Crippen LogP contribution >= 0.6 is 0 Å². The number of unbranched alkanes of at least 4 members (excludes halogenated alkanes) is 1. The number of allylic oxidation sites excluding steroid dienone is 2. The van der Waals surface area contributed by atoms with E-state index >= 15 is 0 Å². The van der Waals surface area contributed by atoms with Crippen LogP contribution in [0, 0.1) is 0 Å². The van der Waals surface area contributed by atoms with Gasteiger partial charge >= 0.3 is 0 Å². The molecule has 0 aliphatic heterocycles. The molecule has 11 aromatic rings. The number of fused-ring (bicyclic) bond motifs is 9. The molecule has 0 N–H and O–H groups in total. The second-order valence-corrected chi connectivity index (χ2v) is 13.9. The number of para-hydroxylation sites is 3. The minimum absolute atomic E-state index is 0.490. The average Bonchev–Trinajstić information content (AvgIpc) is 3.96. The maximum absolute atomic E-state index is 6.73. The van der Waals surface area contributed by atoms with Gasteiger partial charge in [0.15, 0.2) is 28.9 Å². The molecule has 0 bridgehead atoms.